The summed E-state index contributed by atoms with van der Waals surface area (Å²) in [5.74, 6) is -2.10. The number of ether oxygens (including phenoxy) is 2. The van der Waals surface area contributed by atoms with Gasteiger partial charge in [-0.15, -0.1) is 0 Å². The largest absolute Gasteiger partial charge is 0.493 e. The van der Waals surface area contributed by atoms with Gasteiger partial charge in [-0.3, -0.25) is 9.59 Å². The Morgan fingerprint density at radius 3 is 1.84 bits per heavy atom. The number of hydrogen-bond acceptors (Lipinski definition) is 4. The summed E-state index contributed by atoms with van der Waals surface area (Å²) in [6.07, 6.45) is -1.11. The predicted molar refractivity (Wildman–Crippen MR) is 115 cm³/mol. The third-order valence-corrected chi connectivity index (χ3v) is 4.61. The van der Waals surface area contributed by atoms with Crippen molar-refractivity contribution in [3.8, 4) is 11.5 Å². The van der Waals surface area contributed by atoms with E-state index in [1.165, 1.54) is 43.5 Å². The van der Waals surface area contributed by atoms with Crippen LogP contribution in [-0.4, -0.2) is 25.5 Å². The average Bonchev–Trinajstić information content (AvgIpc) is 2.79. The zero-order valence-electron chi connectivity index (χ0n) is 17.5. The zero-order valence-corrected chi connectivity index (χ0v) is 17.5. The van der Waals surface area contributed by atoms with Gasteiger partial charge in [0, 0.05) is 0 Å². The third kappa shape index (κ3) is 5.21. The van der Waals surface area contributed by atoms with Crippen LogP contribution in [0, 0.1) is 11.6 Å². The van der Waals surface area contributed by atoms with Crippen molar-refractivity contribution in [2.75, 3.05) is 13.7 Å². The fourth-order valence-corrected chi connectivity index (χ4v) is 3.05. The molecule has 0 aliphatic heterocycles. The number of carbonyl (C=O) groups excluding carboxylic acids is 2. The molecule has 3 aromatic carbocycles. The molecule has 0 aliphatic carbocycles. The molecule has 0 radical (unpaired) electrons. The van der Waals surface area contributed by atoms with Crippen LogP contribution in [0.5, 0.6) is 11.5 Å². The van der Waals surface area contributed by atoms with E-state index in [1.807, 2.05) is 6.92 Å². The van der Waals surface area contributed by atoms with Gasteiger partial charge >= 0.3 is 0 Å². The van der Waals surface area contributed by atoms with Crippen LogP contribution in [0.3, 0.4) is 0 Å². The highest BCUT2D eigenvalue weighted by Crippen LogP contribution is 2.30. The van der Waals surface area contributed by atoms with Crippen LogP contribution in [0.25, 0.3) is 0 Å². The molecule has 3 rings (SSSR count). The predicted octanol–water partition coefficient (Wildman–Crippen LogP) is 4.23. The van der Waals surface area contributed by atoms with Gasteiger partial charge in [-0.05, 0) is 48.9 Å². The van der Waals surface area contributed by atoms with Crippen molar-refractivity contribution in [2.45, 2.75) is 13.1 Å². The van der Waals surface area contributed by atoms with Crippen LogP contribution >= 0.6 is 0 Å². The molecule has 0 fully saturated rings. The van der Waals surface area contributed by atoms with Crippen LogP contribution in [0.4, 0.5) is 8.78 Å². The van der Waals surface area contributed by atoms with E-state index in [4.69, 9.17) is 9.47 Å². The van der Waals surface area contributed by atoms with E-state index < -0.39 is 29.6 Å². The van der Waals surface area contributed by atoms with E-state index in [9.17, 15) is 18.4 Å². The van der Waals surface area contributed by atoms with E-state index in [-0.39, 0.29) is 11.1 Å². The van der Waals surface area contributed by atoms with Crippen molar-refractivity contribution in [3.63, 3.8) is 0 Å². The maximum atomic E-state index is 14.1. The Morgan fingerprint density at radius 1 is 0.844 bits per heavy atom. The summed E-state index contributed by atoms with van der Waals surface area (Å²) in [5.41, 5.74) is 0.0192. The first-order chi connectivity index (χ1) is 15.4. The highest BCUT2D eigenvalue weighted by Gasteiger charge is 2.23. The minimum atomic E-state index is -1.11. The molecule has 6 nitrogen and oxygen atoms in total. The normalized spacial score (nSPS) is 10.5. The van der Waals surface area contributed by atoms with Gasteiger partial charge < -0.3 is 20.1 Å². The van der Waals surface area contributed by atoms with Crippen LogP contribution in [0.2, 0.25) is 0 Å². The monoisotopic (exact) mass is 440 g/mol. The fourth-order valence-electron chi connectivity index (χ4n) is 3.05. The molecule has 0 heterocycles. The van der Waals surface area contributed by atoms with Gasteiger partial charge in [0.15, 0.2) is 11.5 Å². The first kappa shape index (κ1) is 22.7. The smallest absolute Gasteiger partial charge is 0.256 e. The molecule has 0 spiro atoms. The first-order valence-electron chi connectivity index (χ1n) is 9.86. The lowest BCUT2D eigenvalue weighted by molar-refractivity contribution is 0.0879. The van der Waals surface area contributed by atoms with Gasteiger partial charge in [-0.2, -0.15) is 0 Å². The van der Waals surface area contributed by atoms with Gasteiger partial charge in [-0.1, -0.05) is 30.3 Å². The van der Waals surface area contributed by atoms with Crippen LogP contribution in [-0.2, 0) is 0 Å². The molecule has 166 valence electrons. The molecule has 0 aromatic heterocycles. The lowest BCUT2D eigenvalue weighted by Gasteiger charge is -2.22. The summed E-state index contributed by atoms with van der Waals surface area (Å²) in [4.78, 5) is 25.5. The number of hydrogen-bond donors (Lipinski definition) is 2. The Morgan fingerprint density at radius 2 is 1.38 bits per heavy atom. The minimum Gasteiger partial charge on any atom is -0.493 e. The van der Waals surface area contributed by atoms with E-state index in [2.05, 4.69) is 10.6 Å². The maximum absolute atomic E-state index is 14.1. The Labute approximate surface area is 184 Å². The number of benzene rings is 3. The van der Waals surface area contributed by atoms with E-state index in [1.54, 1.807) is 18.2 Å². The van der Waals surface area contributed by atoms with Crippen molar-refractivity contribution in [1.29, 1.82) is 0 Å². The number of rotatable bonds is 8. The van der Waals surface area contributed by atoms with E-state index in [0.29, 0.717) is 23.7 Å². The summed E-state index contributed by atoms with van der Waals surface area (Å²) < 4.78 is 39.0. The standard InChI is InChI=1S/C24H22F2N2O4/c1-3-32-20-13-12-15(14-21(20)31-2)22(27-23(29)16-8-4-6-10-18(16)25)28-24(30)17-9-5-7-11-19(17)26/h4-14,22H,3H2,1-2H3,(H,27,29)(H,28,30). The highest BCUT2D eigenvalue weighted by atomic mass is 19.1. The van der Waals surface area contributed by atoms with Crippen LogP contribution in [0.1, 0.15) is 39.4 Å². The molecule has 32 heavy (non-hydrogen) atoms. The summed E-state index contributed by atoms with van der Waals surface area (Å²) in [5, 5.41) is 5.17. The maximum Gasteiger partial charge on any atom is 0.256 e. The van der Waals surface area contributed by atoms with Crippen molar-refractivity contribution in [1.82, 2.24) is 10.6 Å². The number of carbonyl (C=O) groups is 2. The quantitative estimate of drug-likeness (QED) is 0.514. The second-order valence-electron chi connectivity index (χ2n) is 6.68. The molecule has 8 heteroatoms. The van der Waals surface area contributed by atoms with Crippen molar-refractivity contribution in [2.24, 2.45) is 0 Å². The Bertz CT molecular complexity index is 1060. The summed E-state index contributed by atoms with van der Waals surface area (Å²) >= 11 is 0. The van der Waals surface area contributed by atoms with Crippen molar-refractivity contribution >= 4 is 11.8 Å². The molecule has 0 atom stereocenters. The zero-order chi connectivity index (χ0) is 23.1. The number of methoxy groups -OCH3 is 1. The third-order valence-electron chi connectivity index (χ3n) is 4.61. The van der Waals surface area contributed by atoms with E-state index in [0.717, 1.165) is 12.1 Å². The van der Waals surface area contributed by atoms with Gasteiger partial charge in [-0.25, -0.2) is 8.78 Å². The molecule has 0 bridgehead atoms. The molecular formula is C24H22F2N2O4. The summed E-state index contributed by atoms with van der Waals surface area (Å²) in [7, 11) is 1.45. The Balaban J connectivity index is 1.95. The van der Waals surface area contributed by atoms with Gasteiger partial charge in [0.1, 0.15) is 17.8 Å². The fraction of sp³-hybridized carbons (Fsp3) is 0.167. The van der Waals surface area contributed by atoms with Gasteiger partial charge in [0.05, 0.1) is 24.8 Å². The molecule has 2 amide bonds. The van der Waals surface area contributed by atoms with Crippen LogP contribution < -0.4 is 20.1 Å². The Kier molecular flexibility index (Phi) is 7.38. The number of nitrogens with one attached hydrogen (secondary N) is 2. The van der Waals surface area contributed by atoms with Gasteiger partial charge in [0.2, 0.25) is 0 Å². The average molecular weight is 440 g/mol. The molecular weight excluding hydrogens is 418 g/mol. The van der Waals surface area contributed by atoms with Crippen molar-refractivity contribution in [3.05, 3.63) is 95.1 Å². The number of amides is 2. The SMILES string of the molecule is CCOc1ccc(C(NC(=O)c2ccccc2F)NC(=O)c2ccccc2F)cc1OC. The van der Waals surface area contributed by atoms with E-state index >= 15 is 0 Å². The second kappa shape index (κ2) is 10.4. The van der Waals surface area contributed by atoms with Crippen molar-refractivity contribution < 1.29 is 27.8 Å². The molecule has 0 saturated carbocycles. The second-order valence-corrected chi connectivity index (χ2v) is 6.68. The molecule has 0 saturated heterocycles. The lowest BCUT2D eigenvalue weighted by atomic mass is 10.1. The number of halogens is 2. The topological polar surface area (TPSA) is 76.7 Å². The summed E-state index contributed by atoms with van der Waals surface area (Å²) in [6.45, 7) is 2.23. The lowest BCUT2D eigenvalue weighted by Crippen LogP contribution is -2.41. The molecule has 0 unspecified atom stereocenters. The van der Waals surface area contributed by atoms with Gasteiger partial charge in [0.25, 0.3) is 11.8 Å². The molecule has 3 aromatic rings. The Hall–Kier alpha value is -3.94. The molecule has 0 aliphatic rings. The van der Waals surface area contributed by atoms with Crippen LogP contribution in [0.15, 0.2) is 66.7 Å². The summed E-state index contributed by atoms with van der Waals surface area (Å²) in [6, 6.07) is 15.7. The minimum absolute atomic E-state index is 0.199. The molecule has 2 N–H and O–H groups in total. The highest BCUT2D eigenvalue weighted by molar-refractivity contribution is 5.97. The first-order valence-corrected chi connectivity index (χ1v) is 9.86.